The van der Waals surface area contributed by atoms with Gasteiger partial charge in [0, 0.05) is 26.1 Å². The molecule has 2 nitrogen and oxygen atoms in total. The van der Waals surface area contributed by atoms with Crippen LogP contribution in [-0.2, 0) is 9.53 Å². The van der Waals surface area contributed by atoms with E-state index in [1.54, 1.807) is 7.11 Å². The van der Waals surface area contributed by atoms with Gasteiger partial charge >= 0.3 is 0 Å². The van der Waals surface area contributed by atoms with Gasteiger partial charge in [-0.2, -0.15) is 0 Å². The molecule has 0 saturated heterocycles. The molecule has 0 aromatic rings. The van der Waals surface area contributed by atoms with Gasteiger partial charge < -0.3 is 4.74 Å². The molecule has 0 N–H and O–H groups in total. The van der Waals surface area contributed by atoms with Gasteiger partial charge in [-0.3, -0.25) is 4.79 Å². The van der Waals surface area contributed by atoms with E-state index < -0.39 is 0 Å². The van der Waals surface area contributed by atoms with Crippen LogP contribution in [0.1, 0.15) is 65.7 Å². The lowest BCUT2D eigenvalue weighted by Crippen LogP contribution is -2.27. The molecule has 4 atom stereocenters. The summed E-state index contributed by atoms with van der Waals surface area (Å²) >= 11 is 0. The monoisotopic (exact) mass is 268 g/mol. The summed E-state index contributed by atoms with van der Waals surface area (Å²) in [6.45, 7) is 7.44. The molecule has 1 saturated carbocycles. The normalized spacial score (nSPS) is 28.5. The van der Waals surface area contributed by atoms with Gasteiger partial charge in [-0.25, -0.2) is 0 Å². The number of hydrogen-bond acceptors (Lipinski definition) is 2. The summed E-state index contributed by atoms with van der Waals surface area (Å²) in [5.41, 5.74) is 0. The van der Waals surface area contributed by atoms with Gasteiger partial charge in [0.25, 0.3) is 0 Å². The van der Waals surface area contributed by atoms with E-state index in [2.05, 4.69) is 20.8 Å². The van der Waals surface area contributed by atoms with Crippen molar-refractivity contribution in [3.63, 3.8) is 0 Å². The van der Waals surface area contributed by atoms with Crippen molar-refractivity contribution >= 4 is 5.78 Å². The summed E-state index contributed by atoms with van der Waals surface area (Å²) in [4.78, 5) is 12.6. The van der Waals surface area contributed by atoms with E-state index in [-0.39, 0.29) is 5.92 Å². The Morgan fingerprint density at radius 1 is 1.32 bits per heavy atom. The summed E-state index contributed by atoms with van der Waals surface area (Å²) in [5.74, 6) is 2.39. The van der Waals surface area contributed by atoms with Gasteiger partial charge in [0.15, 0.2) is 0 Å². The Morgan fingerprint density at radius 3 is 2.63 bits per heavy atom. The largest absolute Gasteiger partial charge is 0.384 e. The van der Waals surface area contributed by atoms with Crippen molar-refractivity contribution in [2.75, 3.05) is 13.7 Å². The average Bonchev–Trinajstić information content (AvgIpc) is 2.76. The van der Waals surface area contributed by atoms with Crippen LogP contribution in [0, 0.1) is 23.7 Å². The van der Waals surface area contributed by atoms with Gasteiger partial charge in [-0.05, 0) is 30.6 Å². The van der Waals surface area contributed by atoms with Crippen molar-refractivity contribution in [1.29, 1.82) is 0 Å². The zero-order chi connectivity index (χ0) is 14.3. The second-order valence-corrected chi connectivity index (χ2v) is 6.38. The molecular weight excluding hydrogens is 236 g/mol. The van der Waals surface area contributed by atoms with E-state index in [0.29, 0.717) is 23.5 Å². The lowest BCUT2D eigenvalue weighted by molar-refractivity contribution is -0.126. The van der Waals surface area contributed by atoms with E-state index in [0.717, 1.165) is 25.9 Å². The van der Waals surface area contributed by atoms with E-state index in [4.69, 9.17) is 4.74 Å². The fraction of sp³-hybridized carbons (Fsp3) is 0.941. The minimum atomic E-state index is 0.260. The first-order valence-corrected chi connectivity index (χ1v) is 8.15. The number of methoxy groups -OCH3 is 1. The van der Waals surface area contributed by atoms with Crippen LogP contribution in [0.25, 0.3) is 0 Å². The fourth-order valence-corrected chi connectivity index (χ4v) is 3.65. The number of hydrogen-bond donors (Lipinski definition) is 0. The van der Waals surface area contributed by atoms with Crippen molar-refractivity contribution < 1.29 is 9.53 Å². The number of carbonyl (C=O) groups is 1. The Kier molecular flexibility index (Phi) is 7.67. The molecule has 19 heavy (non-hydrogen) atoms. The highest BCUT2D eigenvalue weighted by molar-refractivity contribution is 5.82. The van der Waals surface area contributed by atoms with E-state index in [1.807, 2.05) is 0 Å². The zero-order valence-corrected chi connectivity index (χ0v) is 13.3. The maximum Gasteiger partial charge on any atom is 0.136 e. The third-order valence-corrected chi connectivity index (χ3v) is 4.90. The molecule has 0 aromatic carbocycles. The highest BCUT2D eigenvalue weighted by Crippen LogP contribution is 2.39. The minimum Gasteiger partial charge on any atom is -0.384 e. The molecule has 0 amide bonds. The lowest BCUT2D eigenvalue weighted by atomic mass is 9.81. The smallest absolute Gasteiger partial charge is 0.136 e. The number of carbonyl (C=O) groups excluding carboxylic acids is 1. The molecule has 0 radical (unpaired) electrons. The Labute approximate surface area is 119 Å². The molecule has 112 valence electrons. The summed E-state index contributed by atoms with van der Waals surface area (Å²) < 4.78 is 5.30. The Hall–Kier alpha value is -0.370. The number of ketones is 1. The molecule has 1 aliphatic rings. The third kappa shape index (κ3) is 4.91. The van der Waals surface area contributed by atoms with Crippen LogP contribution in [0.3, 0.4) is 0 Å². The topological polar surface area (TPSA) is 26.3 Å². The number of Topliss-reactive ketones (excluding diaryl/α,β-unsaturated/α-hetero) is 1. The van der Waals surface area contributed by atoms with Crippen LogP contribution < -0.4 is 0 Å². The predicted molar refractivity (Wildman–Crippen MR) is 80.2 cm³/mol. The molecular formula is C17H32O2. The Bertz CT molecular complexity index is 260. The molecule has 0 heterocycles. The van der Waals surface area contributed by atoms with Crippen LogP contribution in [-0.4, -0.2) is 19.5 Å². The standard InChI is InChI=1S/C17H32O2/c1-5-7-8-14(6-2)11-16(18)17-13(3)9-10-15(17)12-19-4/h13-15,17H,5-12H2,1-4H3. The SMILES string of the molecule is CCCCC(CC)CC(=O)C1C(C)CCC1COC. The molecule has 0 aliphatic heterocycles. The molecule has 0 aromatic heterocycles. The van der Waals surface area contributed by atoms with Gasteiger partial charge in [0.05, 0.1) is 0 Å². The van der Waals surface area contributed by atoms with Crippen molar-refractivity contribution in [1.82, 2.24) is 0 Å². The van der Waals surface area contributed by atoms with Crippen LogP contribution in [0.4, 0.5) is 0 Å². The van der Waals surface area contributed by atoms with E-state index in [1.165, 1.54) is 25.7 Å². The summed E-state index contributed by atoms with van der Waals surface area (Å²) in [5, 5.41) is 0. The number of unbranched alkanes of at least 4 members (excludes halogenated alkanes) is 1. The van der Waals surface area contributed by atoms with Crippen LogP contribution in [0.2, 0.25) is 0 Å². The maximum absolute atomic E-state index is 12.6. The summed E-state index contributed by atoms with van der Waals surface area (Å²) in [6, 6.07) is 0. The number of rotatable bonds is 9. The van der Waals surface area contributed by atoms with Gasteiger partial charge in [-0.1, -0.05) is 46.5 Å². The third-order valence-electron chi connectivity index (χ3n) is 4.90. The molecule has 1 aliphatic carbocycles. The van der Waals surface area contributed by atoms with Gasteiger partial charge in [0.2, 0.25) is 0 Å². The highest BCUT2D eigenvalue weighted by atomic mass is 16.5. The van der Waals surface area contributed by atoms with Crippen molar-refractivity contribution in [3.05, 3.63) is 0 Å². The first-order valence-electron chi connectivity index (χ1n) is 8.15. The first-order chi connectivity index (χ1) is 9.13. The first kappa shape index (κ1) is 16.7. The Morgan fingerprint density at radius 2 is 2.05 bits per heavy atom. The predicted octanol–water partition coefficient (Wildman–Crippen LogP) is 4.47. The van der Waals surface area contributed by atoms with Crippen molar-refractivity contribution in [3.8, 4) is 0 Å². The highest BCUT2D eigenvalue weighted by Gasteiger charge is 2.38. The van der Waals surface area contributed by atoms with Crippen LogP contribution in [0.5, 0.6) is 0 Å². The summed E-state index contributed by atoms with van der Waals surface area (Å²) in [6.07, 6.45) is 8.00. The average molecular weight is 268 g/mol. The second kappa shape index (κ2) is 8.73. The minimum absolute atomic E-state index is 0.260. The van der Waals surface area contributed by atoms with E-state index in [9.17, 15) is 4.79 Å². The molecule has 0 bridgehead atoms. The molecule has 4 unspecified atom stereocenters. The lowest BCUT2D eigenvalue weighted by Gasteiger charge is -2.23. The molecule has 2 heteroatoms. The van der Waals surface area contributed by atoms with Crippen molar-refractivity contribution in [2.45, 2.75) is 65.7 Å². The summed E-state index contributed by atoms with van der Waals surface area (Å²) in [7, 11) is 1.75. The molecule has 1 rings (SSSR count). The quantitative estimate of drug-likeness (QED) is 0.616. The fourth-order valence-electron chi connectivity index (χ4n) is 3.65. The van der Waals surface area contributed by atoms with Crippen LogP contribution >= 0.6 is 0 Å². The zero-order valence-electron chi connectivity index (χ0n) is 13.3. The second-order valence-electron chi connectivity index (χ2n) is 6.38. The maximum atomic E-state index is 12.6. The molecule has 1 fully saturated rings. The molecule has 0 spiro atoms. The van der Waals surface area contributed by atoms with E-state index >= 15 is 0 Å². The van der Waals surface area contributed by atoms with Crippen LogP contribution in [0.15, 0.2) is 0 Å². The van der Waals surface area contributed by atoms with Crippen molar-refractivity contribution in [2.24, 2.45) is 23.7 Å². The van der Waals surface area contributed by atoms with Gasteiger partial charge in [-0.15, -0.1) is 0 Å². The Balaban J connectivity index is 2.53. The number of ether oxygens (including phenoxy) is 1. The van der Waals surface area contributed by atoms with Gasteiger partial charge in [0.1, 0.15) is 5.78 Å².